The summed E-state index contributed by atoms with van der Waals surface area (Å²) < 4.78 is 57.7. The van der Waals surface area contributed by atoms with E-state index < -0.39 is 21.5 Å². The number of piperidine rings is 1. The number of hydrogen-bond acceptors (Lipinski definition) is 4. The Kier molecular flexibility index (Phi) is 4.47. The molecule has 0 amide bonds. The van der Waals surface area contributed by atoms with Crippen molar-refractivity contribution >= 4 is 9.84 Å². The smallest absolute Gasteiger partial charge is 0.191 e. The maximum Gasteiger partial charge on any atom is 0.191 e. The molecule has 0 radical (unpaired) electrons. The molecule has 0 bridgehead atoms. The summed E-state index contributed by atoms with van der Waals surface area (Å²) in [7, 11) is -3.32. The lowest BCUT2D eigenvalue weighted by Gasteiger charge is -2.18. The predicted molar refractivity (Wildman–Crippen MR) is 98.3 cm³/mol. The van der Waals surface area contributed by atoms with Gasteiger partial charge in [-0.2, -0.15) is 0 Å². The molecule has 2 aromatic rings. The molecule has 7 heteroatoms. The van der Waals surface area contributed by atoms with Crippen LogP contribution in [0.1, 0.15) is 6.92 Å². The van der Waals surface area contributed by atoms with Crippen LogP contribution in [0, 0.1) is 29.4 Å². The Hall–Kier alpha value is -1.99. The van der Waals surface area contributed by atoms with Gasteiger partial charge in [-0.25, -0.2) is 17.2 Å². The van der Waals surface area contributed by atoms with Crippen LogP contribution in [0.3, 0.4) is 0 Å². The number of nitrogens with one attached hydrogen (secondary N) is 1. The maximum absolute atomic E-state index is 14.5. The lowest BCUT2D eigenvalue weighted by Crippen LogP contribution is -2.24. The van der Waals surface area contributed by atoms with E-state index in [4.69, 9.17) is 4.74 Å². The number of fused-ring (bicyclic) bond motifs is 1. The monoisotopic (exact) mass is 393 g/mol. The summed E-state index contributed by atoms with van der Waals surface area (Å²) in [5.74, 6) is -0.441. The van der Waals surface area contributed by atoms with Crippen molar-refractivity contribution in [3.8, 4) is 16.9 Å². The molecule has 0 aromatic heterocycles. The molecule has 3 unspecified atom stereocenters. The highest BCUT2D eigenvalue weighted by molar-refractivity contribution is 7.90. The van der Waals surface area contributed by atoms with Crippen LogP contribution in [0.4, 0.5) is 8.78 Å². The second-order valence-electron chi connectivity index (χ2n) is 7.45. The Morgan fingerprint density at radius 2 is 1.59 bits per heavy atom. The van der Waals surface area contributed by atoms with Crippen LogP contribution >= 0.6 is 0 Å². The molecule has 3 atom stereocenters. The maximum atomic E-state index is 14.5. The molecule has 1 aliphatic carbocycles. The Morgan fingerprint density at radius 1 is 1.04 bits per heavy atom. The van der Waals surface area contributed by atoms with E-state index in [1.54, 1.807) is 0 Å². The Morgan fingerprint density at radius 3 is 2.11 bits per heavy atom. The van der Waals surface area contributed by atoms with Gasteiger partial charge in [0, 0.05) is 12.2 Å². The number of ether oxygens (including phenoxy) is 1. The first-order valence-electron chi connectivity index (χ1n) is 8.92. The second kappa shape index (κ2) is 6.56. The minimum Gasteiger partial charge on any atom is -0.484 e. The Balaban J connectivity index is 1.55. The molecule has 1 aliphatic heterocycles. The van der Waals surface area contributed by atoms with Crippen molar-refractivity contribution in [3.05, 3.63) is 48.0 Å². The van der Waals surface area contributed by atoms with E-state index in [0.29, 0.717) is 28.9 Å². The van der Waals surface area contributed by atoms with Crippen molar-refractivity contribution in [2.75, 3.05) is 19.3 Å². The summed E-state index contributed by atoms with van der Waals surface area (Å²) in [5.41, 5.74) is 0.861. The van der Waals surface area contributed by atoms with Crippen molar-refractivity contribution in [1.29, 1.82) is 0 Å². The van der Waals surface area contributed by atoms with Crippen LogP contribution in [0.2, 0.25) is 0 Å². The van der Waals surface area contributed by atoms with Crippen molar-refractivity contribution in [1.82, 2.24) is 5.32 Å². The number of sulfone groups is 1. The third kappa shape index (κ3) is 3.46. The fourth-order valence-corrected chi connectivity index (χ4v) is 4.79. The molecule has 2 aliphatic rings. The highest BCUT2D eigenvalue weighted by Crippen LogP contribution is 2.51. The van der Waals surface area contributed by atoms with E-state index >= 15 is 0 Å². The van der Waals surface area contributed by atoms with Gasteiger partial charge in [0.25, 0.3) is 0 Å². The minimum atomic E-state index is -3.32. The summed E-state index contributed by atoms with van der Waals surface area (Å²) in [6, 6.07) is 8.35. The van der Waals surface area contributed by atoms with Crippen LogP contribution in [0.15, 0.2) is 41.3 Å². The first-order chi connectivity index (χ1) is 12.8. The second-order valence-corrected chi connectivity index (χ2v) is 9.47. The highest BCUT2D eigenvalue weighted by atomic mass is 32.2. The van der Waals surface area contributed by atoms with Crippen molar-refractivity contribution < 1.29 is 21.9 Å². The van der Waals surface area contributed by atoms with E-state index in [1.165, 1.54) is 36.4 Å². The largest absolute Gasteiger partial charge is 0.484 e. The van der Waals surface area contributed by atoms with E-state index in [0.717, 1.165) is 19.3 Å². The Bertz CT molecular complexity index is 942. The molecular weight excluding hydrogens is 372 g/mol. The van der Waals surface area contributed by atoms with Gasteiger partial charge in [-0.1, -0.05) is 12.1 Å². The Labute approximate surface area is 157 Å². The molecule has 1 saturated heterocycles. The van der Waals surface area contributed by atoms with Gasteiger partial charge in [-0.15, -0.1) is 0 Å². The predicted octanol–water partition coefficient (Wildman–Crippen LogP) is 3.27. The van der Waals surface area contributed by atoms with Crippen LogP contribution in [-0.2, 0) is 9.84 Å². The molecule has 2 fully saturated rings. The summed E-state index contributed by atoms with van der Waals surface area (Å²) in [4.78, 5) is 0.158. The molecule has 2 aromatic carbocycles. The summed E-state index contributed by atoms with van der Waals surface area (Å²) in [6.07, 6.45) is 0.865. The van der Waals surface area contributed by atoms with Gasteiger partial charge in [0.1, 0.15) is 0 Å². The first-order valence-corrected chi connectivity index (χ1v) is 10.8. The zero-order valence-corrected chi connectivity index (χ0v) is 15.9. The van der Waals surface area contributed by atoms with E-state index in [9.17, 15) is 17.2 Å². The zero-order chi connectivity index (χ0) is 19.3. The van der Waals surface area contributed by atoms with Crippen molar-refractivity contribution in [3.63, 3.8) is 0 Å². The lowest BCUT2D eigenvalue weighted by atomic mass is 10.1. The minimum absolute atomic E-state index is 0.158. The molecule has 144 valence electrons. The number of hydrogen-bond donors (Lipinski definition) is 1. The topological polar surface area (TPSA) is 55.4 Å². The fraction of sp³-hybridized carbons (Fsp3) is 0.400. The van der Waals surface area contributed by atoms with Crippen LogP contribution in [0.25, 0.3) is 11.1 Å². The van der Waals surface area contributed by atoms with Crippen LogP contribution in [-0.4, -0.2) is 33.9 Å². The standard InChI is InChI=1S/C20H21F2NO3S/c1-11(19-15-9-23-10-16(15)19)26-20-17(21)7-13(8-18(20)22)12-3-5-14(6-4-12)27(2,24)25/h3-8,11,15-16,19,23H,9-10H2,1-2H3. The molecule has 1 saturated carbocycles. The van der Waals surface area contributed by atoms with Gasteiger partial charge in [-0.3, -0.25) is 0 Å². The summed E-state index contributed by atoms with van der Waals surface area (Å²) in [5, 5.41) is 3.29. The lowest BCUT2D eigenvalue weighted by molar-refractivity contribution is 0.166. The van der Waals surface area contributed by atoms with Gasteiger partial charge in [-0.05, 0) is 67.2 Å². The zero-order valence-electron chi connectivity index (χ0n) is 15.1. The van der Waals surface area contributed by atoms with Crippen LogP contribution < -0.4 is 10.1 Å². The fourth-order valence-electron chi connectivity index (χ4n) is 4.16. The molecular formula is C20H21F2NO3S. The van der Waals surface area contributed by atoms with E-state index in [-0.39, 0.29) is 16.7 Å². The van der Waals surface area contributed by atoms with Crippen molar-refractivity contribution in [2.45, 2.75) is 17.9 Å². The van der Waals surface area contributed by atoms with Crippen LogP contribution in [0.5, 0.6) is 5.75 Å². The third-order valence-corrected chi connectivity index (χ3v) is 6.75. The molecule has 4 rings (SSSR count). The van der Waals surface area contributed by atoms with Crippen molar-refractivity contribution in [2.24, 2.45) is 17.8 Å². The molecule has 0 spiro atoms. The summed E-state index contributed by atoms with van der Waals surface area (Å²) in [6.45, 7) is 3.74. The number of benzene rings is 2. The highest BCUT2D eigenvalue weighted by Gasteiger charge is 2.56. The molecule has 4 nitrogen and oxygen atoms in total. The van der Waals surface area contributed by atoms with Gasteiger partial charge in [0.05, 0.1) is 11.0 Å². The average molecular weight is 393 g/mol. The third-order valence-electron chi connectivity index (χ3n) is 5.62. The molecule has 1 N–H and O–H groups in total. The van der Waals surface area contributed by atoms with Gasteiger partial charge in [0.2, 0.25) is 0 Å². The average Bonchev–Trinajstić information content (AvgIpc) is 3.09. The number of rotatable bonds is 5. The quantitative estimate of drug-likeness (QED) is 0.847. The summed E-state index contributed by atoms with van der Waals surface area (Å²) >= 11 is 0. The SMILES string of the molecule is CC(Oc1c(F)cc(-c2ccc(S(C)(=O)=O)cc2)cc1F)C1C2CNCC21. The normalized spacial score (nSPS) is 25.1. The molecule has 27 heavy (non-hydrogen) atoms. The van der Waals surface area contributed by atoms with E-state index in [2.05, 4.69) is 5.32 Å². The van der Waals surface area contributed by atoms with E-state index in [1.807, 2.05) is 6.92 Å². The van der Waals surface area contributed by atoms with Gasteiger partial charge < -0.3 is 10.1 Å². The number of halogens is 2. The van der Waals surface area contributed by atoms with Gasteiger partial charge >= 0.3 is 0 Å². The molecule has 1 heterocycles. The first kappa shape index (κ1) is 18.4. The van der Waals surface area contributed by atoms with Gasteiger partial charge in [0.15, 0.2) is 27.2 Å².